The SMILES string of the molecule is C=C(CCC(=O)OC)C1CCC(C)(O)C1C. The second-order valence-electron chi connectivity index (χ2n) is 5.03. The Balaban J connectivity index is 2.47. The fourth-order valence-electron chi connectivity index (χ4n) is 2.47. The quantitative estimate of drug-likeness (QED) is 0.591. The van der Waals surface area contributed by atoms with Crippen LogP contribution in [0.4, 0.5) is 0 Å². The van der Waals surface area contributed by atoms with Gasteiger partial charge in [0.2, 0.25) is 0 Å². The number of allylic oxidation sites excluding steroid dienone is 1. The van der Waals surface area contributed by atoms with Gasteiger partial charge in [-0.15, -0.1) is 0 Å². The molecular weight excluding hydrogens is 204 g/mol. The van der Waals surface area contributed by atoms with Crippen LogP contribution in [0.5, 0.6) is 0 Å². The summed E-state index contributed by atoms with van der Waals surface area (Å²) in [5.74, 6) is 0.357. The first-order valence-electron chi connectivity index (χ1n) is 5.85. The van der Waals surface area contributed by atoms with Gasteiger partial charge in [0, 0.05) is 6.42 Å². The Hall–Kier alpha value is -0.830. The van der Waals surface area contributed by atoms with Crippen LogP contribution in [0.3, 0.4) is 0 Å². The lowest BCUT2D eigenvalue weighted by Gasteiger charge is -2.26. The van der Waals surface area contributed by atoms with Crippen LogP contribution in [0.15, 0.2) is 12.2 Å². The molecule has 0 radical (unpaired) electrons. The van der Waals surface area contributed by atoms with E-state index in [9.17, 15) is 9.90 Å². The maximum absolute atomic E-state index is 11.0. The molecule has 0 aromatic heterocycles. The third-order valence-electron chi connectivity index (χ3n) is 3.95. The van der Waals surface area contributed by atoms with E-state index >= 15 is 0 Å². The van der Waals surface area contributed by atoms with Crippen molar-refractivity contribution in [3.63, 3.8) is 0 Å². The molecule has 1 aliphatic carbocycles. The maximum atomic E-state index is 11.0. The van der Waals surface area contributed by atoms with Gasteiger partial charge in [-0.25, -0.2) is 0 Å². The average Bonchev–Trinajstić information content (AvgIpc) is 2.50. The molecule has 0 aromatic carbocycles. The minimum atomic E-state index is -0.584. The number of hydrogen-bond acceptors (Lipinski definition) is 3. The van der Waals surface area contributed by atoms with Gasteiger partial charge >= 0.3 is 5.97 Å². The topological polar surface area (TPSA) is 46.5 Å². The first-order chi connectivity index (χ1) is 7.38. The number of rotatable bonds is 4. The van der Waals surface area contributed by atoms with Crippen molar-refractivity contribution in [1.29, 1.82) is 0 Å². The highest BCUT2D eigenvalue weighted by atomic mass is 16.5. The van der Waals surface area contributed by atoms with Crippen molar-refractivity contribution in [2.75, 3.05) is 7.11 Å². The van der Waals surface area contributed by atoms with Gasteiger partial charge in [0.05, 0.1) is 12.7 Å². The van der Waals surface area contributed by atoms with Crippen molar-refractivity contribution >= 4 is 5.97 Å². The summed E-state index contributed by atoms with van der Waals surface area (Å²) in [5, 5.41) is 10.1. The van der Waals surface area contributed by atoms with Crippen LogP contribution in [0.2, 0.25) is 0 Å². The lowest BCUT2D eigenvalue weighted by Crippen LogP contribution is -2.29. The highest BCUT2D eigenvalue weighted by molar-refractivity contribution is 5.69. The molecular formula is C13H22O3. The molecule has 1 saturated carbocycles. The van der Waals surface area contributed by atoms with Gasteiger partial charge in [-0.2, -0.15) is 0 Å². The summed E-state index contributed by atoms with van der Waals surface area (Å²) in [4.78, 5) is 11.0. The number of esters is 1. The van der Waals surface area contributed by atoms with E-state index in [1.807, 2.05) is 6.92 Å². The molecule has 1 rings (SSSR count). The second-order valence-corrected chi connectivity index (χ2v) is 5.03. The van der Waals surface area contributed by atoms with Gasteiger partial charge in [-0.1, -0.05) is 19.1 Å². The molecule has 0 bridgehead atoms. The molecule has 1 N–H and O–H groups in total. The summed E-state index contributed by atoms with van der Waals surface area (Å²) in [6.07, 6.45) is 2.84. The summed E-state index contributed by atoms with van der Waals surface area (Å²) >= 11 is 0. The van der Waals surface area contributed by atoms with Gasteiger partial charge in [-0.05, 0) is 38.0 Å². The highest BCUT2D eigenvalue weighted by Crippen LogP contribution is 2.43. The van der Waals surface area contributed by atoms with Crippen LogP contribution in [-0.4, -0.2) is 23.8 Å². The fraction of sp³-hybridized carbons (Fsp3) is 0.769. The predicted molar refractivity (Wildman–Crippen MR) is 62.9 cm³/mol. The lowest BCUT2D eigenvalue weighted by molar-refractivity contribution is -0.140. The zero-order valence-electron chi connectivity index (χ0n) is 10.5. The largest absolute Gasteiger partial charge is 0.469 e. The Morgan fingerprint density at radius 1 is 1.56 bits per heavy atom. The Kier molecular flexibility index (Phi) is 4.14. The zero-order valence-corrected chi connectivity index (χ0v) is 10.5. The summed E-state index contributed by atoms with van der Waals surface area (Å²) in [5.41, 5.74) is 0.481. The minimum absolute atomic E-state index is 0.196. The van der Waals surface area contributed by atoms with E-state index < -0.39 is 5.60 Å². The third-order valence-corrected chi connectivity index (χ3v) is 3.95. The number of aliphatic hydroxyl groups is 1. The van der Waals surface area contributed by atoms with E-state index in [1.54, 1.807) is 0 Å². The highest BCUT2D eigenvalue weighted by Gasteiger charge is 2.41. The molecule has 1 aliphatic rings. The van der Waals surface area contributed by atoms with Gasteiger partial charge in [0.1, 0.15) is 0 Å². The second kappa shape index (κ2) is 5.00. The number of hydrogen-bond donors (Lipinski definition) is 1. The van der Waals surface area contributed by atoms with Crippen molar-refractivity contribution in [3.05, 3.63) is 12.2 Å². The van der Waals surface area contributed by atoms with Crippen LogP contribution in [0.1, 0.15) is 39.5 Å². The van der Waals surface area contributed by atoms with Gasteiger partial charge in [0.25, 0.3) is 0 Å². The normalized spacial score (nSPS) is 33.8. The Morgan fingerprint density at radius 3 is 2.62 bits per heavy atom. The van der Waals surface area contributed by atoms with Crippen molar-refractivity contribution in [1.82, 2.24) is 0 Å². The molecule has 3 heteroatoms. The van der Waals surface area contributed by atoms with Crippen molar-refractivity contribution in [2.24, 2.45) is 11.8 Å². The molecule has 0 aliphatic heterocycles. The molecule has 3 atom stereocenters. The lowest BCUT2D eigenvalue weighted by atomic mass is 9.83. The monoisotopic (exact) mass is 226 g/mol. The molecule has 0 spiro atoms. The molecule has 3 unspecified atom stereocenters. The summed E-state index contributed by atoms with van der Waals surface area (Å²) in [7, 11) is 1.40. The van der Waals surface area contributed by atoms with E-state index in [4.69, 9.17) is 0 Å². The van der Waals surface area contributed by atoms with E-state index in [0.29, 0.717) is 18.8 Å². The number of carbonyl (C=O) groups is 1. The zero-order chi connectivity index (χ0) is 12.3. The number of carbonyl (C=O) groups excluding carboxylic acids is 1. The van der Waals surface area contributed by atoms with E-state index in [-0.39, 0.29) is 11.9 Å². The van der Waals surface area contributed by atoms with Crippen LogP contribution in [0.25, 0.3) is 0 Å². The molecule has 0 heterocycles. The molecule has 0 aromatic rings. The number of methoxy groups -OCH3 is 1. The third kappa shape index (κ3) is 2.85. The average molecular weight is 226 g/mol. The molecule has 16 heavy (non-hydrogen) atoms. The Morgan fingerprint density at radius 2 is 2.19 bits per heavy atom. The molecule has 1 fully saturated rings. The molecule has 92 valence electrons. The molecule has 3 nitrogen and oxygen atoms in total. The van der Waals surface area contributed by atoms with E-state index in [2.05, 4.69) is 18.2 Å². The maximum Gasteiger partial charge on any atom is 0.305 e. The molecule has 0 amide bonds. The van der Waals surface area contributed by atoms with Crippen molar-refractivity contribution in [3.8, 4) is 0 Å². The van der Waals surface area contributed by atoms with Crippen molar-refractivity contribution in [2.45, 2.75) is 45.1 Å². The smallest absolute Gasteiger partial charge is 0.305 e. The summed E-state index contributed by atoms with van der Waals surface area (Å²) in [6.45, 7) is 7.98. The van der Waals surface area contributed by atoms with Gasteiger partial charge in [0.15, 0.2) is 0 Å². The van der Waals surface area contributed by atoms with Crippen molar-refractivity contribution < 1.29 is 14.6 Å². The number of ether oxygens (including phenoxy) is 1. The van der Waals surface area contributed by atoms with Crippen LogP contribution in [0, 0.1) is 11.8 Å². The fourth-order valence-corrected chi connectivity index (χ4v) is 2.47. The predicted octanol–water partition coefficient (Wildman–Crippen LogP) is 2.29. The van der Waals surface area contributed by atoms with E-state index in [0.717, 1.165) is 18.4 Å². The van der Waals surface area contributed by atoms with Crippen LogP contribution in [-0.2, 0) is 9.53 Å². The summed E-state index contributed by atoms with van der Waals surface area (Å²) in [6, 6.07) is 0. The molecule has 0 saturated heterocycles. The van der Waals surface area contributed by atoms with E-state index in [1.165, 1.54) is 7.11 Å². The summed E-state index contributed by atoms with van der Waals surface area (Å²) < 4.78 is 4.60. The van der Waals surface area contributed by atoms with Crippen LogP contribution < -0.4 is 0 Å². The van der Waals surface area contributed by atoms with Gasteiger partial charge in [-0.3, -0.25) is 4.79 Å². The standard InChI is InChI=1S/C13H22O3/c1-9(5-6-12(14)16-4)11-7-8-13(3,15)10(11)2/h10-11,15H,1,5-8H2,2-4H3. The first kappa shape index (κ1) is 13.2. The Bertz CT molecular complexity index is 281. The van der Waals surface area contributed by atoms with Gasteiger partial charge < -0.3 is 9.84 Å². The Labute approximate surface area is 97.5 Å². The van der Waals surface area contributed by atoms with Crippen LogP contribution >= 0.6 is 0 Å². The minimum Gasteiger partial charge on any atom is -0.469 e. The first-order valence-corrected chi connectivity index (χ1v) is 5.85.